The van der Waals surface area contributed by atoms with Crippen molar-refractivity contribution < 1.29 is 92.3 Å². The molecule has 0 heterocycles. The highest BCUT2D eigenvalue weighted by atomic mass is 28.4. The molecule has 4 aromatic carbocycles. The molecule has 0 N–H and O–H groups in total. The Hall–Kier alpha value is -4.25. The zero-order valence-electron chi connectivity index (χ0n) is 25.5. The van der Waals surface area contributed by atoms with E-state index in [0.717, 1.165) is 13.8 Å². The van der Waals surface area contributed by atoms with E-state index in [2.05, 4.69) is 0 Å². The molecule has 0 saturated heterocycles. The summed E-state index contributed by atoms with van der Waals surface area (Å²) in [5.41, 5.74) is -13.9. The first-order valence-electron chi connectivity index (χ1n) is 13.9. The Morgan fingerprint density at radius 3 is 0.692 bits per heavy atom. The van der Waals surface area contributed by atoms with Crippen LogP contribution in [0.15, 0.2) is 0 Å². The largest absolute Gasteiger partial charge is 0.391 e. The minimum absolute atomic E-state index is 0.597. The van der Waals surface area contributed by atoms with Gasteiger partial charge < -0.3 is 8.85 Å². The van der Waals surface area contributed by atoms with Crippen molar-refractivity contribution in [2.75, 3.05) is 13.2 Å². The molecule has 23 heteroatoms. The van der Waals surface area contributed by atoms with Gasteiger partial charge in [-0.3, -0.25) is 0 Å². The van der Waals surface area contributed by atoms with Crippen molar-refractivity contribution in [1.82, 2.24) is 0 Å². The van der Waals surface area contributed by atoms with E-state index in [1.54, 1.807) is 0 Å². The Morgan fingerprint density at radius 1 is 0.327 bits per heavy atom. The van der Waals surface area contributed by atoms with Gasteiger partial charge in [0.1, 0.15) is 52.7 Å². The van der Waals surface area contributed by atoms with Gasteiger partial charge in [0.2, 0.25) is 0 Å². The van der Waals surface area contributed by atoms with Crippen LogP contribution in [0, 0.1) is 111 Å². The second-order valence-corrected chi connectivity index (χ2v) is 13.6. The number of hydrogen-bond donors (Lipinski definition) is 0. The van der Waals surface area contributed by atoms with E-state index in [0.29, 0.717) is 6.55 Å². The SMILES string of the molecule is CCO[Si](C)(OCC)c1c(F)c(F)c([B-](c2c(F)c(F)c(F)c(F)c2F)(c2c(F)c(F)c(F)c(F)c2F)c2c(F)c(F)c(F)c(F)c2F)c(F)c1F. The van der Waals surface area contributed by atoms with Gasteiger partial charge in [0.05, 0.1) is 5.19 Å². The van der Waals surface area contributed by atoms with Crippen molar-refractivity contribution in [1.29, 1.82) is 0 Å². The fraction of sp³-hybridized carbons (Fsp3) is 0.172. The molecule has 0 aliphatic carbocycles. The van der Waals surface area contributed by atoms with Crippen LogP contribution < -0.4 is 27.0 Å². The predicted octanol–water partition coefficient (Wildman–Crippen LogP) is 6.06. The van der Waals surface area contributed by atoms with Crippen molar-refractivity contribution >= 4 is 41.7 Å². The molecule has 0 atom stereocenters. The summed E-state index contributed by atoms with van der Waals surface area (Å²) in [6.07, 6.45) is -7.18. The molecule has 0 radical (unpaired) electrons. The minimum atomic E-state index is -7.18. The fourth-order valence-corrected chi connectivity index (χ4v) is 8.53. The Kier molecular flexibility index (Phi) is 10.9. The first-order chi connectivity index (χ1) is 24.0. The van der Waals surface area contributed by atoms with Crippen LogP contribution in [0.25, 0.3) is 0 Å². The first kappa shape index (κ1) is 40.5. The highest BCUT2D eigenvalue weighted by Gasteiger charge is 2.53. The molecule has 4 aromatic rings. The molecule has 0 unspecified atom stereocenters. The Bertz CT molecular complexity index is 1870. The van der Waals surface area contributed by atoms with Gasteiger partial charge in [-0.1, -0.05) is 0 Å². The molecule has 0 aromatic heterocycles. The van der Waals surface area contributed by atoms with Gasteiger partial charge in [-0.05, 0) is 20.4 Å². The summed E-state index contributed by atoms with van der Waals surface area (Å²) >= 11 is 0. The molecule has 282 valence electrons. The zero-order valence-corrected chi connectivity index (χ0v) is 26.5. The number of rotatable bonds is 9. The Balaban J connectivity index is 2.65. The van der Waals surface area contributed by atoms with Crippen molar-refractivity contribution in [3.05, 3.63) is 111 Å². The van der Waals surface area contributed by atoms with Crippen LogP contribution in [-0.4, -0.2) is 27.9 Å². The summed E-state index contributed by atoms with van der Waals surface area (Å²) in [4.78, 5) is 0. The lowest BCUT2D eigenvalue weighted by atomic mass is 9.12. The van der Waals surface area contributed by atoms with Gasteiger partial charge in [0.15, 0.2) is 64.0 Å². The van der Waals surface area contributed by atoms with E-state index in [1.165, 1.54) is 0 Å². The van der Waals surface area contributed by atoms with Gasteiger partial charge in [-0.15, -0.1) is 21.9 Å². The second-order valence-electron chi connectivity index (χ2n) is 10.7. The van der Waals surface area contributed by atoms with E-state index >= 15 is 43.9 Å². The molecule has 0 bridgehead atoms. The van der Waals surface area contributed by atoms with Crippen LogP contribution in [0.3, 0.4) is 0 Å². The van der Waals surface area contributed by atoms with E-state index in [-0.39, 0.29) is 0 Å². The summed E-state index contributed by atoms with van der Waals surface area (Å²) in [6, 6.07) is 0. The third-order valence-corrected chi connectivity index (χ3v) is 11.1. The third-order valence-electron chi connectivity index (χ3n) is 8.05. The van der Waals surface area contributed by atoms with Gasteiger partial charge in [-0.2, -0.15) is 0 Å². The average Bonchev–Trinajstić information content (AvgIpc) is 3.09. The van der Waals surface area contributed by atoms with Crippen LogP contribution in [-0.2, 0) is 8.85 Å². The van der Waals surface area contributed by atoms with Crippen molar-refractivity contribution in [3.8, 4) is 0 Å². The quantitative estimate of drug-likeness (QED) is 0.0890. The molecule has 0 amide bonds. The highest BCUT2D eigenvalue weighted by molar-refractivity contribution is 7.20. The number of halogens is 19. The molecule has 0 aliphatic heterocycles. The average molecular weight is 793 g/mol. The maximum absolute atomic E-state index is 16.5. The molecule has 0 spiro atoms. The van der Waals surface area contributed by atoms with Gasteiger partial charge in [0.25, 0.3) is 0 Å². The Labute approximate surface area is 278 Å². The summed E-state index contributed by atoms with van der Waals surface area (Å²) in [6.45, 7) is 1.70. The lowest BCUT2D eigenvalue weighted by Gasteiger charge is -2.45. The van der Waals surface area contributed by atoms with E-state index < -0.39 is 165 Å². The van der Waals surface area contributed by atoms with Crippen LogP contribution in [0.1, 0.15) is 13.8 Å². The maximum Gasteiger partial charge on any atom is 0.375 e. The number of hydrogen-bond acceptors (Lipinski definition) is 2. The lowest BCUT2D eigenvalue weighted by molar-refractivity contribution is 0.200. The van der Waals surface area contributed by atoms with Crippen molar-refractivity contribution in [2.45, 2.75) is 20.4 Å². The lowest BCUT2D eigenvalue weighted by Crippen LogP contribution is -2.81. The standard InChI is InChI=1S/C29H13BF19O2Si/c1-4-50-52(3,51-5-2)29-27(48)16(37)9(17(38)28(29)49)30(6-10(31)18(39)24(45)19(40)11(6)32,7-12(33)20(41)25(46)21(42)13(7)34)8-14(35)22(43)26(47)23(44)15(8)36/h4-5H2,1-3H3/q-1. The third kappa shape index (κ3) is 5.44. The van der Waals surface area contributed by atoms with Gasteiger partial charge in [-0.25, -0.2) is 83.4 Å². The van der Waals surface area contributed by atoms with Crippen LogP contribution in [0.4, 0.5) is 83.4 Å². The monoisotopic (exact) mass is 793 g/mol. The molecular formula is C29H13BF19O2Si-. The first-order valence-corrected chi connectivity index (χ1v) is 16.2. The van der Waals surface area contributed by atoms with Crippen LogP contribution >= 0.6 is 0 Å². The topological polar surface area (TPSA) is 18.5 Å². The second kappa shape index (κ2) is 14.0. The predicted molar refractivity (Wildman–Crippen MR) is 144 cm³/mol. The number of benzene rings is 4. The summed E-state index contributed by atoms with van der Waals surface area (Å²) in [5, 5.41) is -1.97. The molecule has 52 heavy (non-hydrogen) atoms. The summed E-state index contributed by atoms with van der Waals surface area (Å²) < 4.78 is 302. The Morgan fingerprint density at radius 2 is 0.500 bits per heavy atom. The minimum Gasteiger partial charge on any atom is -0.391 e. The van der Waals surface area contributed by atoms with Gasteiger partial charge >= 0.3 is 8.56 Å². The van der Waals surface area contributed by atoms with Crippen molar-refractivity contribution in [3.63, 3.8) is 0 Å². The molecule has 4 rings (SSSR count). The molecule has 0 saturated carbocycles. The molecule has 0 aliphatic rings. The fourth-order valence-electron chi connectivity index (χ4n) is 6.04. The molecular weight excluding hydrogens is 780 g/mol. The zero-order chi connectivity index (χ0) is 39.7. The maximum atomic E-state index is 16.5. The van der Waals surface area contributed by atoms with Gasteiger partial charge in [0, 0.05) is 13.2 Å². The molecule has 2 nitrogen and oxygen atoms in total. The van der Waals surface area contributed by atoms with Crippen LogP contribution in [0.2, 0.25) is 6.55 Å². The van der Waals surface area contributed by atoms with Crippen LogP contribution in [0.5, 0.6) is 0 Å². The smallest absolute Gasteiger partial charge is 0.375 e. The summed E-state index contributed by atoms with van der Waals surface area (Å²) in [7, 11) is -4.92. The normalized spacial score (nSPS) is 12.3. The molecule has 0 fully saturated rings. The van der Waals surface area contributed by atoms with Crippen molar-refractivity contribution in [2.24, 2.45) is 0 Å². The van der Waals surface area contributed by atoms with E-state index in [1.807, 2.05) is 0 Å². The highest BCUT2D eigenvalue weighted by Crippen LogP contribution is 2.30. The van der Waals surface area contributed by atoms with E-state index in [9.17, 15) is 39.5 Å². The van der Waals surface area contributed by atoms with E-state index in [4.69, 9.17) is 8.85 Å². The summed E-state index contributed by atoms with van der Waals surface area (Å²) in [5.74, 6) is -65.6.